The molecule has 3 N–H and O–H groups in total. The molecule has 0 saturated carbocycles. The summed E-state index contributed by atoms with van der Waals surface area (Å²) in [5.41, 5.74) is 0.309. The number of hydrogen-bond acceptors (Lipinski definition) is 4. The Morgan fingerprint density at radius 2 is 2.06 bits per heavy atom. The normalized spacial score (nSPS) is 11.2. The third-order valence-electron chi connectivity index (χ3n) is 1.91. The number of phenols is 1. The number of phenolic OH excluding ortho intramolecular Hbond substituents is 1. The second-order valence-corrected chi connectivity index (χ2v) is 4.71. The predicted molar refractivity (Wildman–Crippen MR) is 57.5 cm³/mol. The molecular weight excluding hydrogens is 230 g/mol. The van der Waals surface area contributed by atoms with Gasteiger partial charge >= 0.3 is 0 Å². The maximum atomic E-state index is 11.8. The van der Waals surface area contributed by atoms with Gasteiger partial charge in [-0.2, -0.15) is 5.10 Å². The van der Waals surface area contributed by atoms with Crippen molar-refractivity contribution < 1.29 is 13.5 Å². The number of nitrogens with one attached hydrogen (secondary N) is 2. The van der Waals surface area contributed by atoms with Crippen LogP contribution in [0.3, 0.4) is 0 Å². The van der Waals surface area contributed by atoms with Crippen molar-refractivity contribution in [2.45, 2.75) is 4.90 Å². The number of aromatic nitrogens is 2. The predicted octanol–water partition coefficient (Wildman–Crippen LogP) is 0.916. The van der Waals surface area contributed by atoms with Gasteiger partial charge in [0.15, 0.2) is 0 Å². The van der Waals surface area contributed by atoms with E-state index in [1.54, 1.807) is 6.07 Å². The molecule has 16 heavy (non-hydrogen) atoms. The Hall–Kier alpha value is -2.02. The van der Waals surface area contributed by atoms with Gasteiger partial charge < -0.3 is 5.11 Å². The minimum Gasteiger partial charge on any atom is -0.507 e. The van der Waals surface area contributed by atoms with Crippen LogP contribution in [0.4, 0.5) is 5.69 Å². The Morgan fingerprint density at radius 1 is 1.31 bits per heavy atom. The van der Waals surface area contributed by atoms with E-state index in [2.05, 4.69) is 14.9 Å². The van der Waals surface area contributed by atoms with E-state index in [0.29, 0.717) is 5.69 Å². The average Bonchev–Trinajstić information content (AvgIpc) is 2.70. The van der Waals surface area contributed by atoms with Crippen LogP contribution in [0.25, 0.3) is 0 Å². The van der Waals surface area contributed by atoms with Crippen LogP contribution in [0.15, 0.2) is 41.6 Å². The van der Waals surface area contributed by atoms with Gasteiger partial charge in [-0.3, -0.25) is 9.82 Å². The first kappa shape index (κ1) is 10.5. The van der Waals surface area contributed by atoms with Crippen molar-refractivity contribution in [2.75, 3.05) is 4.72 Å². The first-order valence-electron chi connectivity index (χ1n) is 4.39. The Labute approximate surface area is 92.0 Å². The zero-order valence-corrected chi connectivity index (χ0v) is 8.90. The van der Waals surface area contributed by atoms with Crippen LogP contribution >= 0.6 is 0 Å². The fourth-order valence-electron chi connectivity index (χ4n) is 1.20. The number of nitrogens with zero attached hydrogens (tertiary/aromatic N) is 1. The number of hydrogen-bond donors (Lipinski definition) is 3. The molecule has 0 fully saturated rings. The molecule has 6 nitrogen and oxygen atoms in total. The number of sulfonamides is 1. The first-order valence-corrected chi connectivity index (χ1v) is 5.87. The number of rotatable bonds is 3. The van der Waals surface area contributed by atoms with Crippen LogP contribution < -0.4 is 4.72 Å². The van der Waals surface area contributed by atoms with E-state index in [-0.39, 0.29) is 10.6 Å². The second-order valence-electron chi connectivity index (χ2n) is 3.06. The summed E-state index contributed by atoms with van der Waals surface area (Å²) in [4.78, 5) is -0.170. The van der Waals surface area contributed by atoms with Gasteiger partial charge in [-0.15, -0.1) is 0 Å². The molecule has 0 saturated heterocycles. The molecule has 7 heteroatoms. The van der Waals surface area contributed by atoms with E-state index < -0.39 is 10.0 Å². The minimum atomic E-state index is -3.77. The molecule has 0 unspecified atom stereocenters. The molecule has 84 valence electrons. The Kier molecular flexibility index (Phi) is 2.53. The Bertz CT molecular complexity index is 578. The highest BCUT2D eigenvalue weighted by molar-refractivity contribution is 7.92. The molecule has 0 aliphatic heterocycles. The Balaban J connectivity index is 2.37. The highest BCUT2D eigenvalue weighted by atomic mass is 32.2. The summed E-state index contributed by atoms with van der Waals surface area (Å²) in [6, 6.07) is 5.71. The van der Waals surface area contributed by atoms with Gasteiger partial charge in [0.05, 0.1) is 11.9 Å². The monoisotopic (exact) mass is 239 g/mol. The summed E-state index contributed by atoms with van der Waals surface area (Å²) in [7, 11) is -3.77. The minimum absolute atomic E-state index is 0.170. The van der Waals surface area contributed by atoms with E-state index in [9.17, 15) is 13.5 Å². The van der Waals surface area contributed by atoms with Gasteiger partial charge in [0.1, 0.15) is 10.6 Å². The van der Waals surface area contributed by atoms with Crippen molar-refractivity contribution in [2.24, 2.45) is 0 Å². The zero-order valence-electron chi connectivity index (χ0n) is 8.08. The first-order chi connectivity index (χ1) is 7.59. The number of aromatic hydroxyl groups is 1. The van der Waals surface area contributed by atoms with Gasteiger partial charge in [-0.1, -0.05) is 12.1 Å². The maximum Gasteiger partial charge on any atom is 0.265 e. The van der Waals surface area contributed by atoms with Gasteiger partial charge in [0, 0.05) is 6.20 Å². The number of H-pyrrole nitrogens is 1. The zero-order chi connectivity index (χ0) is 11.6. The van der Waals surface area contributed by atoms with Crippen LogP contribution in [0.1, 0.15) is 0 Å². The molecule has 0 atom stereocenters. The molecule has 0 bridgehead atoms. The summed E-state index contributed by atoms with van der Waals surface area (Å²) in [5, 5.41) is 15.5. The molecular formula is C9H9N3O3S. The lowest BCUT2D eigenvalue weighted by atomic mass is 10.3. The summed E-state index contributed by atoms with van der Waals surface area (Å²) in [6.45, 7) is 0. The number of aromatic amines is 1. The van der Waals surface area contributed by atoms with E-state index in [0.717, 1.165) is 0 Å². The highest BCUT2D eigenvalue weighted by Crippen LogP contribution is 2.23. The van der Waals surface area contributed by atoms with E-state index in [1.165, 1.54) is 30.6 Å². The van der Waals surface area contributed by atoms with Crippen molar-refractivity contribution in [1.29, 1.82) is 0 Å². The largest absolute Gasteiger partial charge is 0.507 e. The number of anilines is 1. The molecule has 1 aromatic carbocycles. The lowest BCUT2D eigenvalue weighted by Crippen LogP contribution is -2.12. The summed E-state index contributed by atoms with van der Waals surface area (Å²) < 4.78 is 25.9. The van der Waals surface area contributed by atoms with Crippen LogP contribution in [0, 0.1) is 0 Å². The van der Waals surface area contributed by atoms with Crippen molar-refractivity contribution in [1.82, 2.24) is 10.2 Å². The topological polar surface area (TPSA) is 95.1 Å². The lowest BCUT2D eigenvalue weighted by Gasteiger charge is -2.06. The van der Waals surface area contributed by atoms with Crippen LogP contribution in [-0.2, 0) is 10.0 Å². The fraction of sp³-hybridized carbons (Fsp3) is 0. The third-order valence-corrected chi connectivity index (χ3v) is 3.33. The molecule has 1 heterocycles. The van der Waals surface area contributed by atoms with Crippen LogP contribution in [0.5, 0.6) is 5.75 Å². The summed E-state index contributed by atoms with van der Waals surface area (Å²) >= 11 is 0. The van der Waals surface area contributed by atoms with Gasteiger partial charge in [0.2, 0.25) is 0 Å². The van der Waals surface area contributed by atoms with Gasteiger partial charge in [-0.25, -0.2) is 8.42 Å². The molecule has 1 aromatic heterocycles. The summed E-state index contributed by atoms with van der Waals surface area (Å²) in [5.74, 6) is -0.293. The average molecular weight is 239 g/mol. The van der Waals surface area contributed by atoms with Crippen molar-refractivity contribution >= 4 is 15.7 Å². The smallest absolute Gasteiger partial charge is 0.265 e. The van der Waals surface area contributed by atoms with Gasteiger partial charge in [0.25, 0.3) is 10.0 Å². The van der Waals surface area contributed by atoms with Crippen molar-refractivity contribution in [3.05, 3.63) is 36.7 Å². The number of para-hydroxylation sites is 1. The van der Waals surface area contributed by atoms with E-state index in [1.807, 2.05) is 0 Å². The van der Waals surface area contributed by atoms with Gasteiger partial charge in [-0.05, 0) is 12.1 Å². The van der Waals surface area contributed by atoms with Crippen molar-refractivity contribution in [3.63, 3.8) is 0 Å². The maximum absolute atomic E-state index is 11.8. The van der Waals surface area contributed by atoms with E-state index >= 15 is 0 Å². The highest BCUT2D eigenvalue weighted by Gasteiger charge is 2.18. The SMILES string of the molecule is O=S(=O)(Nc1cn[nH]c1)c1ccccc1O. The molecule has 2 rings (SSSR count). The standard InChI is InChI=1S/C9H9N3O3S/c13-8-3-1-2-4-9(8)16(14,15)12-7-5-10-11-6-7/h1-6,12-13H,(H,10,11). The quantitative estimate of drug-likeness (QED) is 0.742. The van der Waals surface area contributed by atoms with Crippen LogP contribution in [-0.4, -0.2) is 23.7 Å². The Morgan fingerprint density at radius 3 is 2.69 bits per heavy atom. The molecule has 0 amide bonds. The lowest BCUT2D eigenvalue weighted by molar-refractivity contribution is 0.459. The van der Waals surface area contributed by atoms with Crippen LogP contribution in [0.2, 0.25) is 0 Å². The molecule has 2 aromatic rings. The molecule has 0 aliphatic rings. The molecule has 0 aliphatic carbocycles. The third kappa shape index (κ3) is 1.98. The molecule has 0 radical (unpaired) electrons. The van der Waals surface area contributed by atoms with Crippen molar-refractivity contribution in [3.8, 4) is 5.75 Å². The molecule has 0 spiro atoms. The van der Waals surface area contributed by atoms with E-state index in [4.69, 9.17) is 0 Å². The number of benzene rings is 1. The fourth-order valence-corrected chi connectivity index (χ4v) is 2.33. The summed E-state index contributed by atoms with van der Waals surface area (Å²) in [6.07, 6.45) is 2.73. The second kappa shape index (κ2) is 3.86.